The third-order valence-electron chi connectivity index (χ3n) is 3.80. The molecule has 0 amide bonds. The van der Waals surface area contributed by atoms with Gasteiger partial charge in [0.05, 0.1) is 4.92 Å². The van der Waals surface area contributed by atoms with Gasteiger partial charge in [0.2, 0.25) is 5.95 Å². The van der Waals surface area contributed by atoms with E-state index in [9.17, 15) is 10.1 Å². The fourth-order valence-corrected chi connectivity index (χ4v) is 2.51. The van der Waals surface area contributed by atoms with Crippen LogP contribution >= 0.6 is 0 Å². The lowest BCUT2D eigenvalue weighted by molar-refractivity contribution is -0.385. The molecule has 0 aromatic carbocycles. The van der Waals surface area contributed by atoms with Crippen molar-refractivity contribution in [1.29, 1.82) is 0 Å². The summed E-state index contributed by atoms with van der Waals surface area (Å²) in [7, 11) is 3.94. The van der Waals surface area contributed by atoms with Crippen LogP contribution < -0.4 is 10.2 Å². The average Bonchev–Trinajstić information content (AvgIpc) is 2.46. The van der Waals surface area contributed by atoms with E-state index in [1.165, 1.54) is 12.4 Å². The second-order valence-electron chi connectivity index (χ2n) is 4.90. The zero-order valence-electron chi connectivity index (χ0n) is 11.2. The maximum Gasteiger partial charge on any atom is 0.305 e. The van der Waals surface area contributed by atoms with Gasteiger partial charge in [-0.2, -0.15) is 0 Å². The van der Waals surface area contributed by atoms with Crippen molar-refractivity contribution in [3.8, 4) is 0 Å². The van der Waals surface area contributed by atoms with E-state index in [1.54, 1.807) is 0 Å². The normalized spacial score (nSPS) is 23.1. The van der Waals surface area contributed by atoms with Crippen LogP contribution in [0.2, 0.25) is 0 Å². The van der Waals surface area contributed by atoms with Crippen molar-refractivity contribution in [3.05, 3.63) is 22.5 Å². The highest BCUT2D eigenvalue weighted by atomic mass is 16.6. The van der Waals surface area contributed by atoms with Gasteiger partial charge in [0, 0.05) is 19.1 Å². The van der Waals surface area contributed by atoms with Gasteiger partial charge in [0.25, 0.3) is 0 Å². The molecule has 1 fully saturated rings. The Morgan fingerprint density at radius 1 is 1.32 bits per heavy atom. The first-order chi connectivity index (χ1) is 9.11. The molecule has 0 unspecified atom stereocenters. The Morgan fingerprint density at radius 3 is 2.37 bits per heavy atom. The number of hydrogen-bond donors (Lipinski definition) is 1. The van der Waals surface area contributed by atoms with E-state index >= 15 is 0 Å². The number of anilines is 1. The molecule has 0 aliphatic heterocycles. The van der Waals surface area contributed by atoms with E-state index in [4.69, 9.17) is 0 Å². The van der Waals surface area contributed by atoms with Crippen molar-refractivity contribution < 1.29 is 4.92 Å². The van der Waals surface area contributed by atoms with Crippen molar-refractivity contribution in [2.45, 2.75) is 37.8 Å². The summed E-state index contributed by atoms with van der Waals surface area (Å²) in [5.74, 6) is 0.554. The molecule has 19 heavy (non-hydrogen) atoms. The molecular formula is C12H19N5O2. The maximum atomic E-state index is 10.6. The van der Waals surface area contributed by atoms with Crippen LogP contribution in [0.15, 0.2) is 12.4 Å². The monoisotopic (exact) mass is 265 g/mol. The van der Waals surface area contributed by atoms with Gasteiger partial charge >= 0.3 is 5.69 Å². The van der Waals surface area contributed by atoms with Crippen molar-refractivity contribution in [2.24, 2.45) is 0 Å². The molecule has 1 heterocycles. The summed E-state index contributed by atoms with van der Waals surface area (Å²) in [4.78, 5) is 20.2. The third kappa shape index (κ3) is 3.17. The van der Waals surface area contributed by atoms with E-state index in [0.29, 0.717) is 18.0 Å². The number of rotatable bonds is 4. The fourth-order valence-electron chi connectivity index (χ4n) is 2.51. The molecule has 0 saturated heterocycles. The molecule has 0 bridgehead atoms. The molecule has 0 spiro atoms. The molecule has 1 aromatic rings. The van der Waals surface area contributed by atoms with E-state index < -0.39 is 4.92 Å². The van der Waals surface area contributed by atoms with Crippen LogP contribution in [0.25, 0.3) is 0 Å². The second kappa shape index (κ2) is 5.92. The number of nitrogens with one attached hydrogen (secondary N) is 1. The SMILES string of the molecule is CNC1CCC(N(C)c2ncc([N+](=O)[O-])cn2)CC1. The number of nitro groups is 1. The predicted molar refractivity (Wildman–Crippen MR) is 72.2 cm³/mol. The molecule has 1 N–H and O–H groups in total. The highest BCUT2D eigenvalue weighted by molar-refractivity contribution is 5.34. The molecule has 1 aromatic heterocycles. The Balaban J connectivity index is 1.99. The Hall–Kier alpha value is -1.76. The summed E-state index contributed by atoms with van der Waals surface area (Å²) >= 11 is 0. The highest BCUT2D eigenvalue weighted by Gasteiger charge is 2.24. The average molecular weight is 265 g/mol. The largest absolute Gasteiger partial charge is 0.341 e. The lowest BCUT2D eigenvalue weighted by atomic mass is 9.90. The standard InChI is InChI=1S/C12H19N5O2/c1-13-9-3-5-10(6-4-9)16(2)12-14-7-11(8-15-12)17(18)19/h7-10,13H,3-6H2,1-2H3. The lowest BCUT2D eigenvalue weighted by Crippen LogP contribution is -2.40. The van der Waals surface area contributed by atoms with Gasteiger partial charge in [-0.25, -0.2) is 9.97 Å². The molecule has 1 saturated carbocycles. The summed E-state index contributed by atoms with van der Waals surface area (Å²) in [5.41, 5.74) is -0.0731. The second-order valence-corrected chi connectivity index (χ2v) is 4.90. The molecule has 2 rings (SSSR count). The van der Waals surface area contributed by atoms with E-state index in [-0.39, 0.29) is 5.69 Å². The van der Waals surface area contributed by atoms with Crippen molar-refractivity contribution in [1.82, 2.24) is 15.3 Å². The Labute approximate surface area is 112 Å². The molecule has 1 aliphatic carbocycles. The number of hydrogen-bond acceptors (Lipinski definition) is 6. The summed E-state index contributed by atoms with van der Waals surface area (Å²) in [6.07, 6.45) is 6.97. The van der Waals surface area contributed by atoms with Gasteiger partial charge in [-0.15, -0.1) is 0 Å². The first-order valence-electron chi connectivity index (χ1n) is 6.48. The van der Waals surface area contributed by atoms with Crippen LogP contribution in [0.4, 0.5) is 11.6 Å². The van der Waals surface area contributed by atoms with Crippen LogP contribution in [-0.2, 0) is 0 Å². The molecule has 0 atom stereocenters. The van der Waals surface area contributed by atoms with Crippen LogP contribution in [-0.4, -0.2) is 41.1 Å². The topological polar surface area (TPSA) is 84.2 Å². The quantitative estimate of drug-likeness (QED) is 0.653. The zero-order chi connectivity index (χ0) is 13.8. The van der Waals surface area contributed by atoms with Gasteiger partial charge in [0.1, 0.15) is 12.4 Å². The summed E-state index contributed by atoms with van der Waals surface area (Å²) in [6.45, 7) is 0. The Kier molecular flexibility index (Phi) is 4.26. The lowest BCUT2D eigenvalue weighted by Gasteiger charge is -2.34. The number of aromatic nitrogens is 2. The van der Waals surface area contributed by atoms with E-state index in [0.717, 1.165) is 25.7 Å². The van der Waals surface area contributed by atoms with E-state index in [2.05, 4.69) is 15.3 Å². The Morgan fingerprint density at radius 2 is 1.89 bits per heavy atom. The fraction of sp³-hybridized carbons (Fsp3) is 0.667. The first-order valence-corrected chi connectivity index (χ1v) is 6.48. The zero-order valence-corrected chi connectivity index (χ0v) is 11.2. The van der Waals surface area contributed by atoms with Gasteiger partial charge in [0.15, 0.2) is 0 Å². The summed E-state index contributed by atoms with van der Waals surface area (Å²) < 4.78 is 0. The number of nitrogens with zero attached hydrogens (tertiary/aromatic N) is 4. The van der Waals surface area contributed by atoms with Crippen molar-refractivity contribution in [3.63, 3.8) is 0 Å². The van der Waals surface area contributed by atoms with Crippen LogP contribution in [0.1, 0.15) is 25.7 Å². The predicted octanol–water partition coefficient (Wildman–Crippen LogP) is 1.35. The highest BCUT2D eigenvalue weighted by Crippen LogP contribution is 2.24. The van der Waals surface area contributed by atoms with Gasteiger partial charge in [-0.05, 0) is 32.7 Å². The summed E-state index contributed by atoms with van der Waals surface area (Å²) in [6, 6.07) is 1.01. The van der Waals surface area contributed by atoms with Crippen LogP contribution in [0, 0.1) is 10.1 Å². The first kappa shape index (κ1) is 13.7. The molecule has 7 nitrogen and oxygen atoms in total. The maximum absolute atomic E-state index is 10.6. The molecule has 1 aliphatic rings. The summed E-state index contributed by atoms with van der Waals surface area (Å²) in [5, 5.41) is 13.9. The molecule has 7 heteroatoms. The minimum atomic E-state index is -0.484. The minimum Gasteiger partial charge on any atom is -0.341 e. The van der Waals surface area contributed by atoms with Crippen molar-refractivity contribution >= 4 is 11.6 Å². The third-order valence-corrected chi connectivity index (χ3v) is 3.80. The van der Waals surface area contributed by atoms with E-state index in [1.807, 2.05) is 19.0 Å². The minimum absolute atomic E-state index is 0.0731. The van der Waals surface area contributed by atoms with Gasteiger partial charge in [-0.3, -0.25) is 10.1 Å². The van der Waals surface area contributed by atoms with Gasteiger partial charge in [-0.1, -0.05) is 0 Å². The van der Waals surface area contributed by atoms with Crippen LogP contribution in [0.5, 0.6) is 0 Å². The van der Waals surface area contributed by atoms with Crippen molar-refractivity contribution in [2.75, 3.05) is 19.0 Å². The smallest absolute Gasteiger partial charge is 0.305 e. The molecule has 0 radical (unpaired) electrons. The van der Waals surface area contributed by atoms with Gasteiger partial charge < -0.3 is 10.2 Å². The van der Waals surface area contributed by atoms with Crippen LogP contribution in [0.3, 0.4) is 0 Å². The molecule has 104 valence electrons. The molecular weight excluding hydrogens is 246 g/mol. The Bertz CT molecular complexity index is 428.